The van der Waals surface area contributed by atoms with Gasteiger partial charge in [0.2, 0.25) is 20.0 Å². The van der Waals surface area contributed by atoms with Gasteiger partial charge >= 0.3 is 5.97 Å². The highest BCUT2D eigenvalue weighted by Crippen LogP contribution is 2.15. The lowest BCUT2D eigenvalue weighted by Crippen LogP contribution is -2.28. The Morgan fingerprint density at radius 3 is 2.27 bits per heavy atom. The third-order valence-electron chi connectivity index (χ3n) is 3.56. The van der Waals surface area contributed by atoms with E-state index in [-0.39, 0.29) is 33.5 Å². The fraction of sp³-hybridized carbons (Fsp3) is 0.176. The molecule has 0 fully saturated rings. The van der Waals surface area contributed by atoms with E-state index in [1.54, 1.807) is 0 Å². The molecule has 10 nitrogen and oxygen atoms in total. The van der Waals surface area contributed by atoms with Gasteiger partial charge < -0.3 is 10.1 Å². The van der Waals surface area contributed by atoms with Crippen LogP contribution in [0, 0.1) is 0 Å². The minimum atomic E-state index is -3.85. The molecule has 1 amide bonds. The molecule has 162 valence electrons. The Kier molecular flexibility index (Phi) is 7.92. The van der Waals surface area contributed by atoms with Crippen LogP contribution in [0.3, 0.4) is 0 Å². The van der Waals surface area contributed by atoms with Crippen molar-refractivity contribution in [2.75, 3.05) is 18.5 Å². The van der Waals surface area contributed by atoms with Crippen molar-refractivity contribution in [2.24, 2.45) is 5.14 Å². The zero-order valence-corrected chi connectivity index (χ0v) is 17.8. The maximum absolute atomic E-state index is 12.1. The minimum absolute atomic E-state index is 0.0452. The first-order valence-electron chi connectivity index (χ1n) is 8.31. The van der Waals surface area contributed by atoms with Gasteiger partial charge in [0, 0.05) is 17.3 Å². The highest BCUT2D eigenvalue weighted by atomic mass is 35.5. The lowest BCUT2D eigenvalue weighted by atomic mass is 10.3. The van der Waals surface area contributed by atoms with Crippen LogP contribution in [0.5, 0.6) is 0 Å². The number of nitrogens with two attached hydrogens (primary N) is 1. The molecule has 0 radical (unpaired) electrons. The van der Waals surface area contributed by atoms with Crippen LogP contribution < -0.4 is 15.2 Å². The summed E-state index contributed by atoms with van der Waals surface area (Å²) in [5, 5.41) is 7.63. The van der Waals surface area contributed by atoms with Crippen LogP contribution in [0.15, 0.2) is 58.3 Å². The SMILES string of the molecule is NS(=O)(=O)c1ccc(NC(=O)COC(=O)CCNS(=O)(=O)c2cccc(Cl)c2)cc1. The van der Waals surface area contributed by atoms with Crippen molar-refractivity contribution in [3.05, 3.63) is 53.6 Å². The second kappa shape index (κ2) is 10.00. The Labute approximate surface area is 178 Å². The van der Waals surface area contributed by atoms with E-state index in [0.717, 1.165) is 0 Å². The molecule has 0 atom stereocenters. The quantitative estimate of drug-likeness (QED) is 0.452. The number of carbonyl (C=O) groups is 2. The van der Waals surface area contributed by atoms with Crippen LogP contribution in [-0.4, -0.2) is 41.9 Å². The standard InChI is InChI=1S/C17H18ClN3O7S2/c18-12-2-1-3-15(10-12)30(26,27)20-9-8-17(23)28-11-16(22)21-13-4-6-14(7-5-13)29(19,24)25/h1-7,10,20H,8-9,11H2,(H,21,22)(H2,19,24,25). The number of ether oxygens (including phenoxy) is 1. The number of primary sulfonamides is 1. The summed E-state index contributed by atoms with van der Waals surface area (Å²) in [5.74, 6) is -1.45. The average Bonchev–Trinajstić information content (AvgIpc) is 2.66. The first-order valence-corrected chi connectivity index (χ1v) is 11.7. The summed E-state index contributed by atoms with van der Waals surface area (Å²) < 4.78 is 53.5. The topological polar surface area (TPSA) is 162 Å². The van der Waals surface area contributed by atoms with E-state index in [1.807, 2.05) is 0 Å². The van der Waals surface area contributed by atoms with Crippen molar-refractivity contribution >= 4 is 49.2 Å². The van der Waals surface area contributed by atoms with Gasteiger partial charge in [-0.2, -0.15) is 0 Å². The van der Waals surface area contributed by atoms with E-state index in [9.17, 15) is 26.4 Å². The Hall–Kier alpha value is -2.51. The van der Waals surface area contributed by atoms with Crippen molar-refractivity contribution in [2.45, 2.75) is 16.2 Å². The highest BCUT2D eigenvalue weighted by molar-refractivity contribution is 7.89. The van der Waals surface area contributed by atoms with Crippen LogP contribution >= 0.6 is 11.6 Å². The van der Waals surface area contributed by atoms with Gasteiger partial charge in [0.05, 0.1) is 16.2 Å². The van der Waals surface area contributed by atoms with Crippen molar-refractivity contribution in [3.63, 3.8) is 0 Å². The first-order chi connectivity index (χ1) is 14.0. The summed E-state index contributed by atoms with van der Waals surface area (Å²) in [7, 11) is -7.68. The summed E-state index contributed by atoms with van der Waals surface area (Å²) in [6, 6.07) is 10.7. The van der Waals surface area contributed by atoms with Gasteiger partial charge in [0.15, 0.2) is 6.61 Å². The lowest BCUT2D eigenvalue weighted by Gasteiger charge is -2.08. The zero-order chi connectivity index (χ0) is 22.4. The predicted octanol–water partition coefficient (Wildman–Crippen LogP) is 0.838. The van der Waals surface area contributed by atoms with E-state index in [0.29, 0.717) is 0 Å². The molecule has 0 aliphatic rings. The van der Waals surface area contributed by atoms with Crippen molar-refractivity contribution < 1.29 is 31.2 Å². The molecule has 0 aliphatic carbocycles. The number of carbonyl (C=O) groups excluding carboxylic acids is 2. The molecule has 2 aromatic carbocycles. The van der Waals surface area contributed by atoms with Gasteiger partial charge in [0.1, 0.15) is 0 Å². The number of nitrogens with one attached hydrogen (secondary N) is 2. The predicted molar refractivity (Wildman–Crippen MR) is 109 cm³/mol. The normalized spacial score (nSPS) is 11.7. The smallest absolute Gasteiger partial charge is 0.307 e. The van der Waals surface area contributed by atoms with E-state index in [4.69, 9.17) is 21.5 Å². The van der Waals surface area contributed by atoms with Gasteiger partial charge in [-0.3, -0.25) is 9.59 Å². The molecule has 0 aliphatic heterocycles. The van der Waals surface area contributed by atoms with Gasteiger partial charge in [-0.1, -0.05) is 17.7 Å². The Morgan fingerprint density at radius 2 is 1.67 bits per heavy atom. The Bertz CT molecular complexity index is 1130. The Balaban J connectivity index is 1.76. The largest absolute Gasteiger partial charge is 0.456 e. The molecule has 0 aromatic heterocycles. The molecule has 2 aromatic rings. The third-order valence-corrected chi connectivity index (χ3v) is 6.18. The highest BCUT2D eigenvalue weighted by Gasteiger charge is 2.15. The molecular formula is C17H18ClN3O7S2. The number of amides is 1. The van der Waals surface area contributed by atoms with Crippen molar-refractivity contribution in [1.29, 1.82) is 0 Å². The lowest BCUT2D eigenvalue weighted by molar-refractivity contribution is -0.147. The molecule has 0 heterocycles. The summed E-state index contributed by atoms with van der Waals surface area (Å²) in [5.41, 5.74) is 0.276. The van der Waals surface area contributed by atoms with Crippen LogP contribution in [0.1, 0.15) is 6.42 Å². The van der Waals surface area contributed by atoms with Crippen molar-refractivity contribution in [1.82, 2.24) is 4.72 Å². The van der Waals surface area contributed by atoms with Gasteiger partial charge in [-0.15, -0.1) is 0 Å². The van der Waals surface area contributed by atoms with E-state index >= 15 is 0 Å². The summed E-state index contributed by atoms with van der Waals surface area (Å²) in [4.78, 5) is 23.3. The summed E-state index contributed by atoms with van der Waals surface area (Å²) in [6.07, 6.45) is -0.296. The molecule has 2 rings (SSSR count). The monoisotopic (exact) mass is 475 g/mol. The number of benzene rings is 2. The maximum Gasteiger partial charge on any atom is 0.307 e. The van der Waals surface area contributed by atoms with E-state index in [2.05, 4.69) is 10.0 Å². The molecule has 30 heavy (non-hydrogen) atoms. The minimum Gasteiger partial charge on any atom is -0.456 e. The molecule has 4 N–H and O–H groups in total. The zero-order valence-electron chi connectivity index (χ0n) is 15.4. The summed E-state index contributed by atoms with van der Waals surface area (Å²) in [6.45, 7) is -0.832. The second-order valence-corrected chi connectivity index (χ2v) is 9.65. The maximum atomic E-state index is 12.1. The fourth-order valence-electron chi connectivity index (χ4n) is 2.15. The Morgan fingerprint density at radius 1 is 1.00 bits per heavy atom. The molecule has 0 unspecified atom stereocenters. The number of anilines is 1. The molecule has 13 heteroatoms. The average molecular weight is 476 g/mol. The number of hydrogen-bond acceptors (Lipinski definition) is 7. The molecule has 0 spiro atoms. The van der Waals surface area contributed by atoms with Crippen LogP contribution in [0.4, 0.5) is 5.69 Å². The van der Waals surface area contributed by atoms with Gasteiger partial charge in [-0.25, -0.2) is 26.7 Å². The van der Waals surface area contributed by atoms with Crippen LogP contribution in [-0.2, 0) is 34.4 Å². The molecule has 0 saturated carbocycles. The number of esters is 1. The number of sulfonamides is 2. The number of rotatable bonds is 9. The third kappa shape index (κ3) is 7.39. The number of halogens is 1. The molecule has 0 bridgehead atoms. The summed E-state index contributed by atoms with van der Waals surface area (Å²) >= 11 is 5.76. The van der Waals surface area contributed by atoms with Crippen LogP contribution in [0.2, 0.25) is 5.02 Å². The van der Waals surface area contributed by atoms with Gasteiger partial charge in [-0.05, 0) is 42.5 Å². The van der Waals surface area contributed by atoms with E-state index < -0.39 is 38.5 Å². The fourth-order valence-corrected chi connectivity index (χ4v) is 4.00. The second-order valence-electron chi connectivity index (χ2n) is 5.88. The van der Waals surface area contributed by atoms with Gasteiger partial charge in [0.25, 0.3) is 5.91 Å². The first kappa shape index (κ1) is 23.8. The van der Waals surface area contributed by atoms with E-state index in [1.165, 1.54) is 48.5 Å². The molecule has 0 saturated heterocycles. The van der Waals surface area contributed by atoms with Crippen molar-refractivity contribution in [3.8, 4) is 0 Å². The molecular weight excluding hydrogens is 458 g/mol. The van der Waals surface area contributed by atoms with Crippen LogP contribution in [0.25, 0.3) is 0 Å². The number of hydrogen-bond donors (Lipinski definition) is 3.